The molecule has 8 bridgehead atoms. The summed E-state index contributed by atoms with van der Waals surface area (Å²) in [5, 5.41) is 9.72. The van der Waals surface area contributed by atoms with Crippen LogP contribution < -0.4 is 14.4 Å². The van der Waals surface area contributed by atoms with Crippen molar-refractivity contribution in [3.05, 3.63) is 195 Å². The second-order valence-electron chi connectivity index (χ2n) is 23.1. The number of hydrogen-bond acceptors (Lipinski definition) is 6. The van der Waals surface area contributed by atoms with Crippen molar-refractivity contribution in [2.45, 2.75) is 144 Å². The summed E-state index contributed by atoms with van der Waals surface area (Å²) in [5.41, 5.74) is 19.4. The Hall–Kier alpha value is -8.87. The number of nitrogens with zero attached hydrogens (tertiary/aromatic N) is 3. The molecule has 0 saturated carbocycles. The SMILES string of the molecule is CCCCCCc1ccc(N(c2ccc(CCCCCC)cc2)c2c3nc(c(-c4cc(C)cc(OCCCCC)c4)c4ccc([nH]4)c(C#Cc4ccc(C(=O)O)cc4)c4nc(c(-c5cc(C)cc(OCCCCC)c5)c5ccc2[nH]5)C=C4)C=C3)cc1. The molecule has 8 aromatic rings. The van der Waals surface area contributed by atoms with Crippen LogP contribution in [0.2, 0.25) is 0 Å². The number of aromatic carboxylic acids is 1. The molecule has 3 N–H and O–H groups in total. The average Bonchev–Trinajstić information content (AvgIpc) is 2.14. The number of anilines is 3. The summed E-state index contributed by atoms with van der Waals surface area (Å²) >= 11 is 0. The zero-order valence-electron chi connectivity index (χ0n) is 51.3. The number of carboxylic acids is 1. The highest BCUT2D eigenvalue weighted by molar-refractivity contribution is 6.00. The molecule has 9 heteroatoms. The number of nitrogens with one attached hydrogen (secondary N) is 2. The van der Waals surface area contributed by atoms with Gasteiger partial charge in [-0.2, -0.15) is 0 Å². The summed E-state index contributed by atoms with van der Waals surface area (Å²) in [7, 11) is 0. The van der Waals surface area contributed by atoms with Gasteiger partial charge in [-0.25, -0.2) is 14.8 Å². The Morgan fingerprint density at radius 3 is 1.44 bits per heavy atom. The molecule has 0 radical (unpaired) electrons. The lowest BCUT2D eigenvalue weighted by Gasteiger charge is -2.26. The van der Waals surface area contributed by atoms with Crippen molar-refractivity contribution in [1.82, 2.24) is 19.9 Å². The van der Waals surface area contributed by atoms with Crippen LogP contribution in [-0.2, 0) is 12.8 Å². The monoisotopic (exact) mass is 1140 g/mol. The molecule has 0 atom stereocenters. The van der Waals surface area contributed by atoms with Gasteiger partial charge >= 0.3 is 5.97 Å². The van der Waals surface area contributed by atoms with E-state index in [9.17, 15) is 9.90 Å². The Kier molecular flexibility index (Phi) is 20.5. The molecule has 5 heterocycles. The second-order valence-corrected chi connectivity index (χ2v) is 23.1. The largest absolute Gasteiger partial charge is 0.494 e. The van der Waals surface area contributed by atoms with Gasteiger partial charge in [0.15, 0.2) is 0 Å². The Morgan fingerprint density at radius 1 is 0.477 bits per heavy atom. The number of fused-ring (bicyclic) bond motifs is 8. The summed E-state index contributed by atoms with van der Waals surface area (Å²) in [4.78, 5) is 33.4. The van der Waals surface area contributed by atoms with Crippen LogP contribution in [0.1, 0.15) is 184 Å². The van der Waals surface area contributed by atoms with Crippen molar-refractivity contribution in [2.75, 3.05) is 18.1 Å². The molecule has 9 nitrogen and oxygen atoms in total. The summed E-state index contributed by atoms with van der Waals surface area (Å²) in [6, 6.07) is 46.5. The number of aryl methyl sites for hydroxylation is 4. The third-order valence-electron chi connectivity index (χ3n) is 16.2. The molecule has 0 spiro atoms. The van der Waals surface area contributed by atoms with Gasteiger partial charge in [0.05, 0.1) is 63.8 Å². The topological polar surface area (TPSA) is 116 Å². The molecule has 2 aliphatic rings. The number of aromatic nitrogens is 4. The number of hydrogen-bond donors (Lipinski definition) is 3. The van der Waals surface area contributed by atoms with Crippen molar-refractivity contribution < 1.29 is 19.4 Å². The molecule has 2 aliphatic heterocycles. The number of rotatable bonds is 26. The van der Waals surface area contributed by atoms with E-state index in [1.54, 1.807) is 24.3 Å². The molecular formula is C77H83N5O4. The lowest BCUT2D eigenvalue weighted by atomic mass is 10.0. The maximum absolute atomic E-state index is 11.9. The fourth-order valence-electron chi connectivity index (χ4n) is 11.6. The zero-order valence-corrected chi connectivity index (χ0v) is 51.3. The third kappa shape index (κ3) is 15.0. The first-order valence-corrected chi connectivity index (χ1v) is 31.6. The number of ether oxygens (including phenoxy) is 2. The van der Waals surface area contributed by atoms with E-state index in [0.717, 1.165) is 165 Å². The van der Waals surface area contributed by atoms with Gasteiger partial charge < -0.3 is 29.4 Å². The maximum atomic E-state index is 11.9. The molecule has 3 aromatic heterocycles. The van der Waals surface area contributed by atoms with Crippen molar-refractivity contribution in [3.63, 3.8) is 0 Å². The quantitative estimate of drug-likeness (QED) is 0.0365. The average molecular weight is 1140 g/mol. The fourth-order valence-corrected chi connectivity index (χ4v) is 11.6. The van der Waals surface area contributed by atoms with Gasteiger partial charge in [-0.1, -0.05) is 140 Å². The van der Waals surface area contributed by atoms with Crippen LogP contribution in [0.15, 0.2) is 133 Å². The number of benzene rings is 5. The lowest BCUT2D eigenvalue weighted by molar-refractivity contribution is 0.0696. The normalized spacial score (nSPS) is 11.7. The zero-order chi connectivity index (χ0) is 59.8. The highest BCUT2D eigenvalue weighted by atomic mass is 16.5. The van der Waals surface area contributed by atoms with Gasteiger partial charge in [-0.05, 0) is 207 Å². The predicted molar refractivity (Wildman–Crippen MR) is 359 cm³/mol. The number of carboxylic acid groups (broad SMARTS) is 1. The van der Waals surface area contributed by atoms with Gasteiger partial charge in [0.1, 0.15) is 11.5 Å². The summed E-state index contributed by atoms with van der Waals surface area (Å²) in [5.74, 6) is 7.52. The number of carbonyl (C=O) groups is 1. The minimum atomic E-state index is -0.987. The lowest BCUT2D eigenvalue weighted by Crippen LogP contribution is -2.12. The van der Waals surface area contributed by atoms with Crippen molar-refractivity contribution >= 4 is 69.4 Å². The minimum absolute atomic E-state index is 0.199. The molecule has 5 aromatic carbocycles. The summed E-state index contributed by atoms with van der Waals surface area (Å²) < 4.78 is 13.0. The Balaban J connectivity index is 1.29. The Morgan fingerprint density at radius 2 is 0.930 bits per heavy atom. The van der Waals surface area contributed by atoms with Gasteiger partial charge in [0.2, 0.25) is 0 Å². The van der Waals surface area contributed by atoms with E-state index < -0.39 is 5.97 Å². The Bertz CT molecular complexity index is 3830. The van der Waals surface area contributed by atoms with Gasteiger partial charge in [0.25, 0.3) is 0 Å². The number of H-pyrrole nitrogens is 2. The third-order valence-corrected chi connectivity index (χ3v) is 16.2. The van der Waals surface area contributed by atoms with Gasteiger partial charge in [-0.15, -0.1) is 0 Å². The van der Waals surface area contributed by atoms with E-state index in [1.165, 1.54) is 49.7 Å². The Labute approximate surface area is 509 Å². The smallest absolute Gasteiger partial charge is 0.335 e. The molecule has 10 rings (SSSR count). The predicted octanol–water partition coefficient (Wildman–Crippen LogP) is 20.6. The second kappa shape index (κ2) is 29.3. The van der Waals surface area contributed by atoms with Crippen LogP contribution in [-0.4, -0.2) is 44.2 Å². The van der Waals surface area contributed by atoms with Crippen molar-refractivity contribution in [3.8, 4) is 45.6 Å². The molecular weight excluding hydrogens is 1060 g/mol. The molecule has 0 fully saturated rings. The van der Waals surface area contributed by atoms with Gasteiger partial charge in [-0.3, -0.25) is 0 Å². The van der Waals surface area contributed by atoms with Crippen LogP contribution in [0.25, 0.3) is 68.6 Å². The van der Waals surface area contributed by atoms with Crippen LogP contribution in [0.5, 0.6) is 11.5 Å². The molecule has 0 unspecified atom stereocenters. The molecule has 440 valence electrons. The van der Waals surface area contributed by atoms with Crippen molar-refractivity contribution in [1.29, 1.82) is 0 Å². The van der Waals surface area contributed by atoms with Crippen molar-refractivity contribution in [2.24, 2.45) is 0 Å². The highest BCUT2D eigenvalue weighted by Gasteiger charge is 2.24. The molecule has 0 saturated heterocycles. The number of unbranched alkanes of at least 4 members (excludes halogenated alkanes) is 10. The molecule has 0 amide bonds. The van der Waals surface area contributed by atoms with Gasteiger partial charge in [0, 0.05) is 39.1 Å². The standard InChI is InChI=1S/C77H83N5O4/c1-7-11-15-17-21-55-25-32-61(33-26-55)82(62-34-27-56(28-35-62)22-18-16-12-8-2)76-72-43-41-70(80-72)74(59-47-53(5)49-63(51-59)85-45-19-13-9-3)68-39-37-66(78-68)65(36-29-57-23-30-58(31-24-57)77(83)84)67-38-40-69(79-67)75(71-42-44-73(76)81-71)60-48-54(6)50-64(52-60)86-46-20-14-10-4/h23-28,30-35,37-44,47-52,78,81H,7-22,45-46H2,1-6H3,(H,83,84). The summed E-state index contributed by atoms with van der Waals surface area (Å²) in [6.45, 7) is 14.5. The van der Waals surface area contributed by atoms with E-state index in [1.807, 2.05) is 6.08 Å². The van der Waals surface area contributed by atoms with E-state index in [0.29, 0.717) is 30.0 Å². The first-order chi connectivity index (χ1) is 42.1. The van der Waals surface area contributed by atoms with Crippen LogP contribution in [0, 0.1) is 25.7 Å². The van der Waals surface area contributed by atoms with Crippen LogP contribution in [0.3, 0.4) is 0 Å². The molecule has 86 heavy (non-hydrogen) atoms. The first-order valence-electron chi connectivity index (χ1n) is 31.6. The highest BCUT2D eigenvalue weighted by Crippen LogP contribution is 2.43. The van der Waals surface area contributed by atoms with E-state index in [4.69, 9.17) is 19.4 Å². The van der Waals surface area contributed by atoms with Crippen LogP contribution >= 0.6 is 0 Å². The maximum Gasteiger partial charge on any atom is 0.335 e. The summed E-state index contributed by atoms with van der Waals surface area (Å²) in [6.07, 6.45) is 26.6. The van der Waals surface area contributed by atoms with E-state index in [-0.39, 0.29) is 5.56 Å². The number of aromatic amines is 2. The first kappa shape index (κ1) is 60.3. The molecule has 0 aliphatic carbocycles. The minimum Gasteiger partial charge on any atom is -0.494 e. The van der Waals surface area contributed by atoms with E-state index >= 15 is 0 Å². The fraction of sp³-hybridized carbons (Fsp3) is 0.312. The van der Waals surface area contributed by atoms with E-state index in [2.05, 4.69) is 196 Å². The van der Waals surface area contributed by atoms with Crippen LogP contribution in [0.4, 0.5) is 17.1 Å².